The van der Waals surface area contributed by atoms with E-state index in [9.17, 15) is 0 Å². The van der Waals surface area contributed by atoms with Gasteiger partial charge in [-0.2, -0.15) is 0 Å². The van der Waals surface area contributed by atoms with Crippen LogP contribution in [0.5, 0.6) is 11.8 Å². The largest absolute Gasteiger partial charge is 0.424 e. The fourth-order valence-electron chi connectivity index (χ4n) is 1.68. The van der Waals surface area contributed by atoms with Gasteiger partial charge in [-0.15, -0.1) is 0 Å². The molecule has 0 bridgehead atoms. The third-order valence-electron chi connectivity index (χ3n) is 2.69. The third kappa shape index (κ3) is 4.60. The Bertz CT molecular complexity index is 529. The second-order valence-corrected chi connectivity index (χ2v) is 4.46. The van der Waals surface area contributed by atoms with Crippen LogP contribution >= 0.6 is 0 Å². The smallest absolute Gasteiger partial charge is 0.321 e. The quantitative estimate of drug-likeness (QED) is 0.785. The summed E-state index contributed by atoms with van der Waals surface area (Å²) in [5, 5.41) is 3.23. The zero-order valence-electron chi connectivity index (χ0n) is 11.8. The van der Waals surface area contributed by atoms with E-state index in [4.69, 9.17) is 9.47 Å². The predicted molar refractivity (Wildman–Crippen MR) is 76.9 cm³/mol. The molecule has 0 saturated carbocycles. The second-order valence-electron chi connectivity index (χ2n) is 4.46. The molecule has 5 nitrogen and oxygen atoms in total. The molecule has 0 fully saturated rings. The van der Waals surface area contributed by atoms with Crippen LogP contribution in [0.3, 0.4) is 0 Å². The lowest BCUT2D eigenvalue weighted by Crippen LogP contribution is -2.18. The number of benzene rings is 1. The van der Waals surface area contributed by atoms with Crippen LogP contribution in [0.25, 0.3) is 0 Å². The van der Waals surface area contributed by atoms with Gasteiger partial charge in [0.1, 0.15) is 5.75 Å². The Morgan fingerprint density at radius 3 is 2.70 bits per heavy atom. The van der Waals surface area contributed by atoms with Crippen LogP contribution < -0.4 is 10.1 Å². The van der Waals surface area contributed by atoms with Gasteiger partial charge in [-0.1, -0.05) is 12.1 Å². The lowest BCUT2D eigenvalue weighted by atomic mass is 10.2. The summed E-state index contributed by atoms with van der Waals surface area (Å²) in [4.78, 5) is 8.40. The first-order chi connectivity index (χ1) is 9.78. The summed E-state index contributed by atoms with van der Waals surface area (Å²) in [6.45, 7) is 4.23. The maximum atomic E-state index is 5.59. The molecule has 1 heterocycles. The molecule has 5 heteroatoms. The van der Waals surface area contributed by atoms with Crippen LogP contribution in [0, 0.1) is 6.92 Å². The predicted octanol–water partition coefficient (Wildman–Crippen LogP) is 2.31. The van der Waals surface area contributed by atoms with E-state index in [-0.39, 0.29) is 0 Å². The highest BCUT2D eigenvalue weighted by Crippen LogP contribution is 2.18. The lowest BCUT2D eigenvalue weighted by molar-refractivity contribution is 0.199. The van der Waals surface area contributed by atoms with Crippen molar-refractivity contribution < 1.29 is 9.47 Å². The summed E-state index contributed by atoms with van der Waals surface area (Å²) in [6.07, 6.45) is 3.52. The van der Waals surface area contributed by atoms with E-state index < -0.39 is 0 Å². The van der Waals surface area contributed by atoms with Gasteiger partial charge in [0.05, 0.1) is 6.61 Å². The van der Waals surface area contributed by atoms with E-state index in [1.165, 1.54) is 0 Å². The summed E-state index contributed by atoms with van der Waals surface area (Å²) in [5.41, 5.74) is 2.15. The van der Waals surface area contributed by atoms with E-state index in [0.717, 1.165) is 23.4 Å². The molecule has 1 N–H and O–H groups in total. The highest BCUT2D eigenvalue weighted by atomic mass is 16.5. The average molecular weight is 273 g/mol. The fraction of sp³-hybridized carbons (Fsp3) is 0.333. The summed E-state index contributed by atoms with van der Waals surface area (Å²) in [5.74, 6) is 0.746. The molecule has 0 aliphatic rings. The van der Waals surface area contributed by atoms with Crippen molar-refractivity contribution in [2.24, 2.45) is 0 Å². The third-order valence-corrected chi connectivity index (χ3v) is 2.69. The van der Waals surface area contributed by atoms with E-state index in [1.54, 1.807) is 19.5 Å². The molecule has 0 saturated heterocycles. The maximum Gasteiger partial charge on any atom is 0.321 e. The maximum absolute atomic E-state index is 5.59. The Labute approximate surface area is 119 Å². The molecule has 106 valence electrons. The van der Waals surface area contributed by atoms with Crippen molar-refractivity contribution >= 4 is 0 Å². The standard InChI is InChI=1S/C15H19N3O2/c1-12-4-3-5-14(8-12)20-15-17-10-13(11-18-15)9-16-6-7-19-2/h3-5,8,10-11,16H,6-7,9H2,1-2H3. The van der Waals surface area contributed by atoms with Crippen molar-refractivity contribution in [1.82, 2.24) is 15.3 Å². The number of hydrogen-bond donors (Lipinski definition) is 1. The minimum Gasteiger partial charge on any atom is -0.424 e. The van der Waals surface area contributed by atoms with E-state index >= 15 is 0 Å². The minimum absolute atomic E-state index is 0.358. The number of rotatable bonds is 7. The number of nitrogens with one attached hydrogen (secondary N) is 1. The van der Waals surface area contributed by atoms with Crippen LogP contribution in [0.15, 0.2) is 36.7 Å². The van der Waals surface area contributed by atoms with Gasteiger partial charge in [-0.05, 0) is 24.6 Å². The van der Waals surface area contributed by atoms with Crippen LogP contribution in [0.1, 0.15) is 11.1 Å². The molecule has 0 atom stereocenters. The van der Waals surface area contributed by atoms with Gasteiger partial charge in [0.2, 0.25) is 0 Å². The molecule has 0 spiro atoms. The van der Waals surface area contributed by atoms with Gasteiger partial charge >= 0.3 is 6.01 Å². The number of nitrogens with zero attached hydrogens (tertiary/aromatic N) is 2. The number of hydrogen-bond acceptors (Lipinski definition) is 5. The topological polar surface area (TPSA) is 56.3 Å². The van der Waals surface area contributed by atoms with Crippen LogP contribution in [0.4, 0.5) is 0 Å². The molecule has 1 aromatic heterocycles. The Kier molecular flexibility index (Phi) is 5.46. The zero-order chi connectivity index (χ0) is 14.2. The normalized spacial score (nSPS) is 10.5. The molecule has 0 unspecified atom stereocenters. The van der Waals surface area contributed by atoms with Gasteiger partial charge in [-0.3, -0.25) is 0 Å². The van der Waals surface area contributed by atoms with E-state index in [2.05, 4.69) is 15.3 Å². The molecule has 0 aliphatic heterocycles. The molecule has 0 amide bonds. The molecule has 20 heavy (non-hydrogen) atoms. The lowest BCUT2D eigenvalue weighted by Gasteiger charge is -2.06. The molecule has 1 aromatic carbocycles. The monoisotopic (exact) mass is 273 g/mol. The number of aromatic nitrogens is 2. The van der Waals surface area contributed by atoms with Crippen molar-refractivity contribution in [2.75, 3.05) is 20.3 Å². The molecular formula is C15H19N3O2. The molecule has 0 aliphatic carbocycles. The number of methoxy groups -OCH3 is 1. The summed E-state index contributed by atoms with van der Waals surface area (Å²) in [7, 11) is 1.68. The van der Waals surface area contributed by atoms with Gasteiger partial charge in [-0.25, -0.2) is 9.97 Å². The van der Waals surface area contributed by atoms with E-state index in [0.29, 0.717) is 19.2 Å². The van der Waals surface area contributed by atoms with Gasteiger partial charge in [0, 0.05) is 38.2 Å². The van der Waals surface area contributed by atoms with Crippen molar-refractivity contribution in [3.8, 4) is 11.8 Å². The molecule has 0 radical (unpaired) electrons. The number of aryl methyl sites for hydroxylation is 1. The first kappa shape index (κ1) is 14.4. The van der Waals surface area contributed by atoms with Crippen LogP contribution in [-0.2, 0) is 11.3 Å². The summed E-state index contributed by atoms with van der Waals surface area (Å²) in [6, 6.07) is 8.15. The summed E-state index contributed by atoms with van der Waals surface area (Å²) >= 11 is 0. The Morgan fingerprint density at radius 1 is 1.20 bits per heavy atom. The Morgan fingerprint density at radius 2 is 2.00 bits per heavy atom. The number of ether oxygens (including phenoxy) is 2. The first-order valence-electron chi connectivity index (χ1n) is 6.53. The van der Waals surface area contributed by atoms with Crippen LogP contribution in [0.2, 0.25) is 0 Å². The SMILES string of the molecule is COCCNCc1cnc(Oc2cccc(C)c2)nc1. The second kappa shape index (κ2) is 7.57. The molecular weight excluding hydrogens is 254 g/mol. The Balaban J connectivity index is 1.88. The minimum atomic E-state index is 0.358. The fourth-order valence-corrected chi connectivity index (χ4v) is 1.68. The first-order valence-corrected chi connectivity index (χ1v) is 6.53. The van der Waals surface area contributed by atoms with Gasteiger partial charge in [0.25, 0.3) is 0 Å². The zero-order valence-corrected chi connectivity index (χ0v) is 11.8. The van der Waals surface area contributed by atoms with Crippen molar-refractivity contribution in [2.45, 2.75) is 13.5 Å². The van der Waals surface area contributed by atoms with Crippen molar-refractivity contribution in [3.05, 3.63) is 47.8 Å². The highest BCUT2D eigenvalue weighted by molar-refractivity contribution is 5.29. The van der Waals surface area contributed by atoms with Gasteiger partial charge in [0.15, 0.2) is 0 Å². The highest BCUT2D eigenvalue weighted by Gasteiger charge is 2.01. The molecule has 2 aromatic rings. The average Bonchev–Trinajstić information content (AvgIpc) is 2.45. The van der Waals surface area contributed by atoms with Crippen molar-refractivity contribution in [1.29, 1.82) is 0 Å². The van der Waals surface area contributed by atoms with Gasteiger partial charge < -0.3 is 14.8 Å². The summed E-state index contributed by atoms with van der Waals surface area (Å²) < 4.78 is 10.6. The van der Waals surface area contributed by atoms with Crippen molar-refractivity contribution in [3.63, 3.8) is 0 Å². The van der Waals surface area contributed by atoms with E-state index in [1.807, 2.05) is 31.2 Å². The van der Waals surface area contributed by atoms with Crippen LogP contribution in [-0.4, -0.2) is 30.2 Å². The Hall–Kier alpha value is -1.98. The molecule has 2 rings (SSSR count).